The lowest BCUT2D eigenvalue weighted by molar-refractivity contribution is 0.184. The van der Waals surface area contributed by atoms with Crippen LogP contribution in [0.2, 0.25) is 0 Å². The van der Waals surface area contributed by atoms with Gasteiger partial charge >= 0.3 is 6.03 Å². The Morgan fingerprint density at radius 2 is 2.12 bits per heavy atom. The lowest BCUT2D eigenvalue weighted by Crippen LogP contribution is -2.46. The molecule has 17 heavy (non-hydrogen) atoms. The molecule has 1 aliphatic rings. The van der Waals surface area contributed by atoms with Gasteiger partial charge in [-0.25, -0.2) is 4.79 Å². The smallest absolute Gasteiger partial charge is 0.317 e. The lowest BCUT2D eigenvalue weighted by atomic mass is 9.98. The molecular formula is C14H20N2O. The molecule has 2 rings (SSSR count). The Kier molecular flexibility index (Phi) is 4.02. The van der Waals surface area contributed by atoms with E-state index in [9.17, 15) is 4.79 Å². The minimum Gasteiger partial charge on any atom is -0.338 e. The van der Waals surface area contributed by atoms with Crippen molar-refractivity contribution in [2.75, 3.05) is 19.6 Å². The fourth-order valence-corrected chi connectivity index (χ4v) is 2.19. The number of urea groups is 1. The van der Waals surface area contributed by atoms with Crippen LogP contribution in [-0.2, 0) is 0 Å². The normalized spacial score (nSPS) is 17.7. The fourth-order valence-electron chi connectivity index (χ4n) is 2.19. The molecule has 0 bridgehead atoms. The number of carbonyl (C=O) groups is 1. The molecule has 1 aromatic rings. The van der Waals surface area contributed by atoms with Gasteiger partial charge in [-0.1, -0.05) is 37.3 Å². The first kappa shape index (κ1) is 12.0. The van der Waals surface area contributed by atoms with Crippen LogP contribution in [0.5, 0.6) is 0 Å². The number of nitrogens with one attached hydrogen (secondary N) is 1. The number of benzene rings is 1. The van der Waals surface area contributed by atoms with Gasteiger partial charge in [-0.3, -0.25) is 0 Å². The third kappa shape index (κ3) is 3.22. The van der Waals surface area contributed by atoms with Crippen LogP contribution >= 0.6 is 0 Å². The summed E-state index contributed by atoms with van der Waals surface area (Å²) in [6.45, 7) is 4.79. The van der Waals surface area contributed by atoms with Gasteiger partial charge in [-0.2, -0.15) is 0 Å². The molecule has 1 heterocycles. The van der Waals surface area contributed by atoms with Crippen molar-refractivity contribution in [2.45, 2.75) is 25.7 Å². The molecule has 1 aromatic carbocycles. The largest absolute Gasteiger partial charge is 0.338 e. The molecule has 1 unspecified atom stereocenters. The summed E-state index contributed by atoms with van der Waals surface area (Å²) in [6.07, 6.45) is 2.09. The molecule has 0 spiro atoms. The summed E-state index contributed by atoms with van der Waals surface area (Å²) < 4.78 is 0. The highest BCUT2D eigenvalue weighted by Crippen LogP contribution is 2.19. The van der Waals surface area contributed by atoms with Gasteiger partial charge < -0.3 is 10.2 Å². The highest BCUT2D eigenvalue weighted by Gasteiger charge is 2.17. The van der Waals surface area contributed by atoms with Gasteiger partial charge in [-0.15, -0.1) is 0 Å². The van der Waals surface area contributed by atoms with E-state index in [4.69, 9.17) is 0 Å². The van der Waals surface area contributed by atoms with Crippen molar-refractivity contribution in [3.05, 3.63) is 35.9 Å². The molecule has 1 fully saturated rings. The average molecular weight is 232 g/mol. The number of amides is 2. The highest BCUT2D eigenvalue weighted by molar-refractivity contribution is 5.74. The number of hydrogen-bond acceptors (Lipinski definition) is 1. The van der Waals surface area contributed by atoms with E-state index in [1.54, 1.807) is 0 Å². The van der Waals surface area contributed by atoms with Gasteiger partial charge in [0.1, 0.15) is 0 Å². The van der Waals surface area contributed by atoms with Crippen LogP contribution in [0.4, 0.5) is 4.79 Å². The number of hydrogen-bond donors (Lipinski definition) is 1. The molecule has 1 aliphatic heterocycles. The third-order valence-electron chi connectivity index (χ3n) is 3.37. The molecule has 1 N–H and O–H groups in total. The van der Waals surface area contributed by atoms with E-state index in [0.717, 1.165) is 32.5 Å². The fraction of sp³-hybridized carbons (Fsp3) is 0.500. The van der Waals surface area contributed by atoms with Gasteiger partial charge in [0.25, 0.3) is 0 Å². The maximum absolute atomic E-state index is 11.6. The second-order valence-corrected chi connectivity index (χ2v) is 4.67. The molecule has 1 atom stereocenters. The summed E-state index contributed by atoms with van der Waals surface area (Å²) in [6, 6.07) is 10.6. The predicted molar refractivity (Wildman–Crippen MR) is 69.1 cm³/mol. The monoisotopic (exact) mass is 232 g/mol. The summed E-state index contributed by atoms with van der Waals surface area (Å²) in [5.74, 6) is 0.505. The van der Waals surface area contributed by atoms with Crippen LogP contribution in [0.15, 0.2) is 30.3 Å². The van der Waals surface area contributed by atoms with Crippen molar-refractivity contribution in [1.29, 1.82) is 0 Å². The zero-order chi connectivity index (χ0) is 12.1. The van der Waals surface area contributed by atoms with E-state index >= 15 is 0 Å². The zero-order valence-corrected chi connectivity index (χ0v) is 10.4. The standard InChI is InChI=1S/C14H20N2O/c1-12(13-6-3-2-4-7-13)8-11-16-10-5-9-15-14(16)17/h2-4,6-7,12H,5,8-11H2,1H3,(H,15,17). The molecule has 92 valence electrons. The summed E-state index contributed by atoms with van der Waals surface area (Å²) >= 11 is 0. The molecule has 0 radical (unpaired) electrons. The Bertz CT molecular complexity index is 364. The quantitative estimate of drug-likeness (QED) is 0.850. The van der Waals surface area contributed by atoms with Crippen LogP contribution in [-0.4, -0.2) is 30.6 Å². The van der Waals surface area contributed by atoms with Crippen molar-refractivity contribution in [1.82, 2.24) is 10.2 Å². The van der Waals surface area contributed by atoms with Crippen LogP contribution in [0.25, 0.3) is 0 Å². The lowest BCUT2D eigenvalue weighted by Gasteiger charge is -2.28. The minimum atomic E-state index is 0.0940. The third-order valence-corrected chi connectivity index (χ3v) is 3.37. The molecule has 3 heteroatoms. The molecule has 2 amide bonds. The predicted octanol–water partition coefficient (Wildman–Crippen LogP) is 2.60. The van der Waals surface area contributed by atoms with E-state index in [1.165, 1.54) is 5.56 Å². The first-order chi connectivity index (χ1) is 8.27. The second kappa shape index (κ2) is 5.71. The zero-order valence-electron chi connectivity index (χ0n) is 10.4. The Morgan fingerprint density at radius 3 is 2.82 bits per heavy atom. The van der Waals surface area contributed by atoms with Gasteiger partial charge in [0.15, 0.2) is 0 Å². The Labute approximate surface area is 103 Å². The summed E-state index contributed by atoms with van der Waals surface area (Å²) in [4.78, 5) is 13.5. The van der Waals surface area contributed by atoms with Crippen LogP contribution < -0.4 is 5.32 Å². The maximum atomic E-state index is 11.6. The minimum absolute atomic E-state index is 0.0940. The van der Waals surface area contributed by atoms with E-state index in [1.807, 2.05) is 11.0 Å². The maximum Gasteiger partial charge on any atom is 0.317 e. The van der Waals surface area contributed by atoms with Gasteiger partial charge in [-0.05, 0) is 24.3 Å². The van der Waals surface area contributed by atoms with Gasteiger partial charge in [0, 0.05) is 19.6 Å². The molecule has 0 aliphatic carbocycles. The molecule has 1 saturated heterocycles. The first-order valence-electron chi connectivity index (χ1n) is 6.35. The Hall–Kier alpha value is -1.51. The molecular weight excluding hydrogens is 212 g/mol. The van der Waals surface area contributed by atoms with E-state index in [2.05, 4.69) is 36.5 Å². The van der Waals surface area contributed by atoms with Crippen molar-refractivity contribution >= 4 is 6.03 Å². The first-order valence-corrected chi connectivity index (χ1v) is 6.35. The van der Waals surface area contributed by atoms with Crippen molar-refractivity contribution in [3.8, 4) is 0 Å². The number of carbonyl (C=O) groups excluding carboxylic acids is 1. The van der Waals surface area contributed by atoms with E-state index < -0.39 is 0 Å². The number of rotatable bonds is 4. The number of nitrogens with zero attached hydrogens (tertiary/aromatic N) is 1. The average Bonchev–Trinajstić information content (AvgIpc) is 2.38. The van der Waals surface area contributed by atoms with Crippen molar-refractivity contribution in [3.63, 3.8) is 0 Å². The van der Waals surface area contributed by atoms with Crippen LogP contribution in [0, 0.1) is 0 Å². The Morgan fingerprint density at radius 1 is 1.35 bits per heavy atom. The second-order valence-electron chi connectivity index (χ2n) is 4.67. The van der Waals surface area contributed by atoms with Crippen molar-refractivity contribution < 1.29 is 4.79 Å². The van der Waals surface area contributed by atoms with E-state index in [0.29, 0.717) is 5.92 Å². The van der Waals surface area contributed by atoms with Crippen molar-refractivity contribution in [2.24, 2.45) is 0 Å². The van der Waals surface area contributed by atoms with Gasteiger partial charge in [0.2, 0.25) is 0 Å². The Balaban J connectivity index is 1.83. The topological polar surface area (TPSA) is 32.3 Å². The molecule has 3 nitrogen and oxygen atoms in total. The van der Waals surface area contributed by atoms with Crippen LogP contribution in [0.3, 0.4) is 0 Å². The summed E-state index contributed by atoms with van der Waals surface area (Å²) in [7, 11) is 0. The van der Waals surface area contributed by atoms with Crippen LogP contribution in [0.1, 0.15) is 31.2 Å². The summed E-state index contributed by atoms with van der Waals surface area (Å²) in [5.41, 5.74) is 1.35. The summed E-state index contributed by atoms with van der Waals surface area (Å²) in [5, 5.41) is 2.88. The van der Waals surface area contributed by atoms with Gasteiger partial charge in [0.05, 0.1) is 0 Å². The van der Waals surface area contributed by atoms with E-state index in [-0.39, 0.29) is 6.03 Å². The molecule has 0 aromatic heterocycles. The SMILES string of the molecule is CC(CCN1CCCNC1=O)c1ccccc1. The highest BCUT2D eigenvalue weighted by atomic mass is 16.2. The molecule has 0 saturated carbocycles.